The van der Waals surface area contributed by atoms with Gasteiger partial charge in [-0.05, 0) is 59.0 Å². The van der Waals surface area contributed by atoms with Gasteiger partial charge in [-0.25, -0.2) is 4.98 Å². The highest BCUT2D eigenvalue weighted by Gasteiger charge is 2.08. The van der Waals surface area contributed by atoms with Crippen LogP contribution in [0.5, 0.6) is 5.75 Å². The van der Waals surface area contributed by atoms with Gasteiger partial charge in [-0.2, -0.15) is 0 Å². The Morgan fingerprint density at radius 3 is 2.00 bits per heavy atom. The van der Waals surface area contributed by atoms with Crippen LogP contribution in [0.2, 0.25) is 0 Å². The fourth-order valence-corrected chi connectivity index (χ4v) is 4.06. The van der Waals surface area contributed by atoms with Gasteiger partial charge in [-0.1, -0.05) is 91.0 Å². The summed E-state index contributed by atoms with van der Waals surface area (Å²) < 4.78 is 2.17. The standard InChI is InChI=1S/C31H26N2O/c1-2-33-22-30(28-10-6-9-27(21-28)24-7-4-3-5-8-24)32-31(33)20-13-23-11-14-25(15-12-23)26-16-18-29(34)19-17-26/h3-22,34H,2H2,1H3/b20-13+. The second-order valence-corrected chi connectivity index (χ2v) is 8.22. The molecule has 0 aliphatic rings. The number of aromatic nitrogens is 2. The molecule has 5 aromatic rings. The van der Waals surface area contributed by atoms with E-state index in [1.54, 1.807) is 12.1 Å². The molecule has 0 aliphatic carbocycles. The minimum Gasteiger partial charge on any atom is -0.508 e. The topological polar surface area (TPSA) is 38.0 Å². The Balaban J connectivity index is 1.38. The number of phenols is 1. The SMILES string of the molecule is CCn1cc(-c2cccc(-c3ccccc3)c2)nc1/C=C/c1ccc(-c2ccc(O)cc2)cc1. The summed E-state index contributed by atoms with van der Waals surface area (Å²) in [5.74, 6) is 1.21. The monoisotopic (exact) mass is 442 g/mol. The minimum absolute atomic E-state index is 0.279. The highest BCUT2D eigenvalue weighted by Crippen LogP contribution is 2.27. The maximum Gasteiger partial charge on any atom is 0.133 e. The third kappa shape index (κ3) is 4.69. The molecule has 0 amide bonds. The summed E-state index contributed by atoms with van der Waals surface area (Å²) >= 11 is 0. The van der Waals surface area contributed by atoms with Crippen LogP contribution < -0.4 is 0 Å². The van der Waals surface area contributed by atoms with E-state index in [1.165, 1.54) is 11.1 Å². The van der Waals surface area contributed by atoms with E-state index >= 15 is 0 Å². The maximum absolute atomic E-state index is 9.49. The molecular weight excluding hydrogens is 416 g/mol. The first-order valence-corrected chi connectivity index (χ1v) is 11.5. The zero-order valence-electron chi connectivity index (χ0n) is 19.1. The molecule has 0 fully saturated rings. The molecule has 1 heterocycles. The van der Waals surface area contributed by atoms with Crippen molar-refractivity contribution < 1.29 is 5.11 Å². The highest BCUT2D eigenvalue weighted by atomic mass is 16.3. The van der Waals surface area contributed by atoms with Crippen molar-refractivity contribution in [1.82, 2.24) is 9.55 Å². The Morgan fingerprint density at radius 1 is 0.676 bits per heavy atom. The number of rotatable bonds is 6. The van der Waals surface area contributed by atoms with E-state index in [1.807, 2.05) is 18.2 Å². The first-order chi connectivity index (χ1) is 16.7. The molecule has 3 nitrogen and oxygen atoms in total. The van der Waals surface area contributed by atoms with Crippen molar-refractivity contribution in [3.05, 3.63) is 121 Å². The van der Waals surface area contributed by atoms with E-state index < -0.39 is 0 Å². The fraction of sp³-hybridized carbons (Fsp3) is 0.0645. The lowest BCUT2D eigenvalue weighted by molar-refractivity contribution is 0.475. The molecule has 34 heavy (non-hydrogen) atoms. The van der Waals surface area contributed by atoms with Gasteiger partial charge in [0.1, 0.15) is 11.6 Å². The average Bonchev–Trinajstić information content (AvgIpc) is 3.32. The third-order valence-corrected chi connectivity index (χ3v) is 5.95. The Labute approximate surface area is 200 Å². The van der Waals surface area contributed by atoms with E-state index in [2.05, 4.69) is 103 Å². The molecule has 0 atom stereocenters. The molecule has 0 spiro atoms. The van der Waals surface area contributed by atoms with E-state index in [0.717, 1.165) is 40.3 Å². The molecule has 0 saturated carbocycles. The van der Waals surface area contributed by atoms with Gasteiger partial charge in [0.05, 0.1) is 5.69 Å². The number of benzene rings is 4. The fourth-order valence-electron chi connectivity index (χ4n) is 4.06. The molecule has 3 heteroatoms. The van der Waals surface area contributed by atoms with Crippen LogP contribution >= 0.6 is 0 Å². The lowest BCUT2D eigenvalue weighted by atomic mass is 10.0. The molecule has 5 rings (SSSR count). The summed E-state index contributed by atoms with van der Waals surface area (Å²) in [4.78, 5) is 4.93. The summed E-state index contributed by atoms with van der Waals surface area (Å²) in [6.45, 7) is 2.99. The summed E-state index contributed by atoms with van der Waals surface area (Å²) in [5.41, 5.74) is 7.79. The van der Waals surface area contributed by atoms with Crippen molar-refractivity contribution >= 4 is 12.2 Å². The predicted octanol–water partition coefficient (Wildman–Crippen LogP) is 7.78. The van der Waals surface area contributed by atoms with E-state index in [0.29, 0.717) is 0 Å². The van der Waals surface area contributed by atoms with Crippen LogP contribution in [0.25, 0.3) is 45.7 Å². The zero-order chi connectivity index (χ0) is 23.3. The normalized spacial score (nSPS) is 11.2. The minimum atomic E-state index is 0.279. The summed E-state index contributed by atoms with van der Waals surface area (Å²) in [5, 5.41) is 9.49. The van der Waals surface area contributed by atoms with Crippen molar-refractivity contribution in [2.45, 2.75) is 13.5 Å². The van der Waals surface area contributed by atoms with Crippen molar-refractivity contribution in [2.24, 2.45) is 0 Å². The first kappa shape index (κ1) is 21.5. The largest absolute Gasteiger partial charge is 0.508 e. The van der Waals surface area contributed by atoms with Gasteiger partial charge >= 0.3 is 0 Å². The zero-order valence-corrected chi connectivity index (χ0v) is 19.1. The van der Waals surface area contributed by atoms with Crippen LogP contribution in [0.4, 0.5) is 0 Å². The van der Waals surface area contributed by atoms with Gasteiger partial charge in [-0.3, -0.25) is 0 Å². The Hall–Kier alpha value is -4.37. The number of hydrogen-bond acceptors (Lipinski definition) is 2. The van der Waals surface area contributed by atoms with Crippen molar-refractivity contribution in [1.29, 1.82) is 0 Å². The number of aryl methyl sites for hydroxylation is 1. The second kappa shape index (κ2) is 9.63. The Kier molecular flexibility index (Phi) is 6.09. The van der Waals surface area contributed by atoms with Gasteiger partial charge in [0, 0.05) is 18.3 Å². The van der Waals surface area contributed by atoms with Gasteiger partial charge in [0.25, 0.3) is 0 Å². The number of hydrogen-bond donors (Lipinski definition) is 1. The van der Waals surface area contributed by atoms with Crippen molar-refractivity contribution in [3.8, 4) is 39.3 Å². The van der Waals surface area contributed by atoms with E-state index in [4.69, 9.17) is 4.98 Å². The summed E-state index contributed by atoms with van der Waals surface area (Å²) in [6, 6.07) is 34.6. The van der Waals surface area contributed by atoms with Crippen molar-refractivity contribution in [3.63, 3.8) is 0 Å². The molecule has 4 aromatic carbocycles. The van der Waals surface area contributed by atoms with Gasteiger partial charge < -0.3 is 9.67 Å². The lowest BCUT2D eigenvalue weighted by Gasteiger charge is -2.03. The molecule has 166 valence electrons. The third-order valence-electron chi connectivity index (χ3n) is 5.95. The Bertz CT molecular complexity index is 1410. The molecule has 1 aromatic heterocycles. The molecule has 0 radical (unpaired) electrons. The smallest absolute Gasteiger partial charge is 0.133 e. The second-order valence-electron chi connectivity index (χ2n) is 8.22. The van der Waals surface area contributed by atoms with Crippen LogP contribution in [0.3, 0.4) is 0 Å². The number of nitrogens with zero attached hydrogens (tertiary/aromatic N) is 2. The van der Waals surface area contributed by atoms with Gasteiger partial charge in [-0.15, -0.1) is 0 Å². The first-order valence-electron chi connectivity index (χ1n) is 11.5. The maximum atomic E-state index is 9.49. The van der Waals surface area contributed by atoms with Crippen LogP contribution in [0.1, 0.15) is 18.3 Å². The quantitative estimate of drug-likeness (QED) is 0.291. The number of phenolic OH excluding ortho intramolecular Hbond substituents is 1. The average molecular weight is 443 g/mol. The lowest BCUT2D eigenvalue weighted by Crippen LogP contribution is -1.94. The number of aromatic hydroxyl groups is 1. The highest BCUT2D eigenvalue weighted by molar-refractivity contribution is 5.74. The van der Waals surface area contributed by atoms with Gasteiger partial charge in [0.15, 0.2) is 0 Å². The van der Waals surface area contributed by atoms with Crippen LogP contribution in [-0.2, 0) is 6.54 Å². The summed E-state index contributed by atoms with van der Waals surface area (Å²) in [6.07, 6.45) is 6.29. The molecule has 0 bridgehead atoms. The van der Waals surface area contributed by atoms with Crippen molar-refractivity contribution in [2.75, 3.05) is 0 Å². The molecule has 0 unspecified atom stereocenters. The molecule has 0 aliphatic heterocycles. The molecular formula is C31H26N2O. The Morgan fingerprint density at radius 2 is 1.29 bits per heavy atom. The molecule has 0 saturated heterocycles. The number of imidazole rings is 1. The van der Waals surface area contributed by atoms with E-state index in [-0.39, 0.29) is 5.75 Å². The summed E-state index contributed by atoms with van der Waals surface area (Å²) in [7, 11) is 0. The van der Waals surface area contributed by atoms with E-state index in [9.17, 15) is 5.11 Å². The van der Waals surface area contributed by atoms with Crippen LogP contribution in [-0.4, -0.2) is 14.7 Å². The predicted molar refractivity (Wildman–Crippen MR) is 141 cm³/mol. The van der Waals surface area contributed by atoms with Crippen LogP contribution in [0, 0.1) is 0 Å². The van der Waals surface area contributed by atoms with Gasteiger partial charge in [0.2, 0.25) is 0 Å². The molecule has 1 N–H and O–H groups in total. The van der Waals surface area contributed by atoms with Crippen LogP contribution in [0.15, 0.2) is 109 Å².